The lowest BCUT2D eigenvalue weighted by atomic mass is 9.55. The lowest BCUT2D eigenvalue weighted by molar-refractivity contribution is -0.162. The molecule has 0 saturated heterocycles. The number of primary amides is 1. The van der Waals surface area contributed by atoms with Gasteiger partial charge in [-0.15, -0.1) is 12.4 Å². The number of hydrogen-bond acceptors (Lipinski definition) is 10. The molecular formula is C24H33ClN2O10. The number of phenolic OH excluding ortho intramolecular Hbond substituents is 1. The maximum absolute atomic E-state index is 13.3. The van der Waals surface area contributed by atoms with Crippen molar-refractivity contribution >= 4 is 29.9 Å². The summed E-state index contributed by atoms with van der Waals surface area (Å²) >= 11 is 0. The quantitative estimate of drug-likeness (QED) is 0.230. The molecule has 6 atom stereocenters. The molecule has 4 rings (SSSR count). The van der Waals surface area contributed by atoms with Gasteiger partial charge in [0.25, 0.3) is 5.91 Å². The van der Waals surface area contributed by atoms with Crippen molar-refractivity contribution in [1.29, 1.82) is 0 Å². The van der Waals surface area contributed by atoms with Crippen LogP contribution in [0.4, 0.5) is 0 Å². The monoisotopic (exact) mass is 544 g/mol. The Hall–Kier alpha value is -3.00. The van der Waals surface area contributed by atoms with E-state index in [-0.39, 0.29) is 35.8 Å². The van der Waals surface area contributed by atoms with Crippen molar-refractivity contribution < 1.29 is 50.5 Å². The summed E-state index contributed by atoms with van der Waals surface area (Å²) in [5.41, 5.74) is 1.36. The Morgan fingerprint density at radius 1 is 1.16 bits per heavy atom. The van der Waals surface area contributed by atoms with E-state index in [4.69, 9.17) is 10.8 Å². The number of nitrogens with two attached hydrogens (primary N) is 1. The van der Waals surface area contributed by atoms with E-state index < -0.39 is 75.6 Å². The van der Waals surface area contributed by atoms with Crippen molar-refractivity contribution in [2.24, 2.45) is 17.6 Å². The third-order valence-corrected chi connectivity index (χ3v) is 7.00. The number of carbonyl (C=O) groups is 3. The number of aliphatic hydroxyl groups is 5. The molecule has 1 aromatic rings. The zero-order valence-corrected chi connectivity index (χ0v) is 21.5. The van der Waals surface area contributed by atoms with Gasteiger partial charge >= 0.3 is 0 Å². The number of amides is 1. The predicted octanol–water partition coefficient (Wildman–Crippen LogP) is -0.752. The van der Waals surface area contributed by atoms with Gasteiger partial charge < -0.3 is 41.8 Å². The number of phenols is 1. The number of rotatable bonds is 2. The van der Waals surface area contributed by atoms with Crippen LogP contribution in [-0.2, 0) is 9.59 Å². The lowest BCUT2D eigenvalue weighted by Crippen LogP contribution is -2.68. The summed E-state index contributed by atoms with van der Waals surface area (Å²) in [5, 5.41) is 62.6. The van der Waals surface area contributed by atoms with Crippen molar-refractivity contribution in [3.63, 3.8) is 0 Å². The van der Waals surface area contributed by atoms with Gasteiger partial charge in [-0.25, -0.2) is 0 Å². The molecule has 3 aliphatic carbocycles. The topological polar surface area (TPSA) is 233 Å². The zero-order valence-electron chi connectivity index (χ0n) is 20.7. The standard InChI is InChI=1S/C22H24N2O8.C2H6O.ClH.H2O/c1-7-8-5-4-6-9(25)11(8)16(26)12-10(7)17(27)14-15(24(2)3)18(28)13(21(23)31)20(30)22(14,32)19(12)29;1-2-3;;/h4-7,10,14-15,17,25,27-29,32H,1-3H3,(H2,23,31);3H,2H2,1H3;1H;1H2/t7-,10+,14+,15-,17-,22-;;;/m0.../s1. The van der Waals surface area contributed by atoms with E-state index in [1.165, 1.54) is 25.1 Å². The van der Waals surface area contributed by atoms with Gasteiger partial charge in [-0.2, -0.15) is 0 Å². The van der Waals surface area contributed by atoms with Crippen LogP contribution in [0.25, 0.3) is 0 Å². The van der Waals surface area contributed by atoms with E-state index >= 15 is 0 Å². The number of hydrogen-bond donors (Lipinski definition) is 7. The number of fused-ring (bicyclic) bond motifs is 3. The van der Waals surface area contributed by atoms with Gasteiger partial charge in [-0.1, -0.05) is 19.1 Å². The number of ketones is 2. The Morgan fingerprint density at radius 3 is 2.19 bits per heavy atom. The van der Waals surface area contributed by atoms with Crippen molar-refractivity contribution in [2.45, 2.75) is 37.5 Å². The third kappa shape index (κ3) is 4.39. The van der Waals surface area contributed by atoms with E-state index in [1.807, 2.05) is 0 Å². The van der Waals surface area contributed by atoms with Crippen LogP contribution in [0.5, 0.6) is 5.75 Å². The van der Waals surface area contributed by atoms with Gasteiger partial charge in [0.2, 0.25) is 5.78 Å². The second-order valence-electron chi connectivity index (χ2n) is 9.11. The van der Waals surface area contributed by atoms with Gasteiger partial charge in [0, 0.05) is 18.1 Å². The maximum Gasteiger partial charge on any atom is 0.255 e. The summed E-state index contributed by atoms with van der Waals surface area (Å²) < 4.78 is 0. The fourth-order valence-electron chi connectivity index (χ4n) is 5.58. The van der Waals surface area contributed by atoms with E-state index in [2.05, 4.69) is 0 Å². The van der Waals surface area contributed by atoms with E-state index in [0.717, 1.165) is 0 Å². The second kappa shape index (κ2) is 11.2. The molecule has 0 heterocycles. The SMILES string of the molecule is CCO.C[C@H]1c2cccc(O)c2C(=O)C2=C(O)[C@]3(O)C(=O)C(C(N)=O)=C(O)[C@@H](N(C)C)[C@@H]3[C@@H](O)[C@@H]21.Cl.O. The molecule has 0 aromatic heterocycles. The van der Waals surface area contributed by atoms with Crippen LogP contribution in [0.15, 0.2) is 40.9 Å². The number of halogens is 1. The molecule has 0 saturated carbocycles. The molecule has 0 aliphatic heterocycles. The highest BCUT2D eigenvalue weighted by Crippen LogP contribution is 2.55. The molecule has 0 radical (unpaired) electrons. The van der Waals surface area contributed by atoms with Crippen molar-refractivity contribution in [1.82, 2.24) is 4.90 Å². The van der Waals surface area contributed by atoms with Gasteiger partial charge in [-0.3, -0.25) is 19.3 Å². The Kier molecular flexibility index (Phi) is 9.67. The lowest BCUT2D eigenvalue weighted by Gasteiger charge is -2.53. The Bertz CT molecular complexity index is 1160. The molecule has 0 unspecified atom stereocenters. The van der Waals surface area contributed by atoms with E-state index in [1.54, 1.807) is 26.0 Å². The average molecular weight is 545 g/mol. The van der Waals surface area contributed by atoms with Gasteiger partial charge in [0.05, 0.1) is 23.6 Å². The van der Waals surface area contributed by atoms with Gasteiger partial charge in [-0.05, 0) is 38.6 Å². The van der Waals surface area contributed by atoms with Crippen LogP contribution in [0, 0.1) is 11.8 Å². The minimum absolute atomic E-state index is 0. The van der Waals surface area contributed by atoms with E-state index in [9.17, 15) is 39.9 Å². The fraction of sp³-hybridized carbons (Fsp3) is 0.458. The van der Waals surface area contributed by atoms with Gasteiger partial charge in [0.1, 0.15) is 22.8 Å². The fourth-order valence-corrected chi connectivity index (χ4v) is 5.58. The van der Waals surface area contributed by atoms with Gasteiger partial charge in [0.15, 0.2) is 11.4 Å². The minimum atomic E-state index is -2.89. The Morgan fingerprint density at radius 2 is 1.70 bits per heavy atom. The summed E-state index contributed by atoms with van der Waals surface area (Å²) in [6.07, 6.45) is -1.59. The number of aliphatic hydroxyl groups excluding tert-OH is 4. The van der Waals surface area contributed by atoms with Crippen LogP contribution in [0.1, 0.15) is 35.7 Å². The number of aromatic hydroxyl groups is 1. The minimum Gasteiger partial charge on any atom is -0.510 e. The molecule has 12 nitrogen and oxygen atoms in total. The molecule has 1 amide bonds. The third-order valence-electron chi connectivity index (χ3n) is 7.00. The molecule has 0 bridgehead atoms. The van der Waals surface area contributed by atoms with Crippen molar-refractivity contribution in [3.05, 3.63) is 52.0 Å². The average Bonchev–Trinajstić information content (AvgIpc) is 2.76. The Balaban J connectivity index is 0.00000131. The number of carbonyl (C=O) groups excluding carboxylic acids is 3. The number of nitrogens with zero attached hydrogens (tertiary/aromatic N) is 1. The first-order valence-corrected chi connectivity index (χ1v) is 11.0. The number of Topliss-reactive ketones (excluding diaryl/α,β-unsaturated/α-hetero) is 2. The summed E-state index contributed by atoms with van der Waals surface area (Å²) in [6.45, 7) is 3.61. The highest BCUT2D eigenvalue weighted by atomic mass is 35.5. The van der Waals surface area contributed by atoms with Crippen LogP contribution in [0.2, 0.25) is 0 Å². The smallest absolute Gasteiger partial charge is 0.255 e. The molecule has 10 N–H and O–H groups in total. The number of likely N-dealkylation sites (N-methyl/N-ethyl adjacent to an activating group) is 1. The van der Waals surface area contributed by atoms with Crippen LogP contribution in [-0.4, -0.2) is 96.9 Å². The zero-order chi connectivity index (χ0) is 26.6. The Labute approximate surface area is 219 Å². The van der Waals surface area contributed by atoms with Crippen LogP contribution in [0.3, 0.4) is 0 Å². The van der Waals surface area contributed by atoms with Crippen molar-refractivity contribution in [3.8, 4) is 5.75 Å². The van der Waals surface area contributed by atoms with E-state index in [0.29, 0.717) is 5.56 Å². The first-order valence-electron chi connectivity index (χ1n) is 11.0. The van der Waals surface area contributed by atoms with Crippen molar-refractivity contribution in [2.75, 3.05) is 20.7 Å². The predicted molar refractivity (Wildman–Crippen MR) is 133 cm³/mol. The molecular weight excluding hydrogens is 512 g/mol. The maximum atomic E-state index is 13.3. The molecule has 13 heteroatoms. The highest BCUT2D eigenvalue weighted by Gasteiger charge is 2.67. The second-order valence-corrected chi connectivity index (χ2v) is 9.11. The van der Waals surface area contributed by atoms with Crippen LogP contribution >= 0.6 is 12.4 Å². The summed E-state index contributed by atoms with van der Waals surface area (Å²) in [6, 6.07) is 3.17. The first kappa shape index (κ1) is 32.0. The molecule has 3 aliphatic rings. The summed E-state index contributed by atoms with van der Waals surface area (Å²) in [4.78, 5) is 39.8. The largest absolute Gasteiger partial charge is 0.510 e. The first-order chi connectivity index (χ1) is 16.3. The summed E-state index contributed by atoms with van der Waals surface area (Å²) in [7, 11) is 2.98. The highest BCUT2D eigenvalue weighted by molar-refractivity contribution is 6.25. The normalized spacial score (nSPS) is 30.2. The van der Waals surface area contributed by atoms with Crippen LogP contribution < -0.4 is 5.73 Å². The molecule has 0 spiro atoms. The summed E-state index contributed by atoms with van der Waals surface area (Å²) in [5.74, 6) is -8.86. The molecule has 37 heavy (non-hydrogen) atoms. The molecule has 0 fully saturated rings. The number of benzene rings is 1. The molecule has 1 aromatic carbocycles. The molecule has 206 valence electrons.